The van der Waals surface area contributed by atoms with E-state index in [9.17, 15) is 9.90 Å². The van der Waals surface area contributed by atoms with Crippen molar-refractivity contribution in [2.45, 2.75) is 51.5 Å². The monoisotopic (exact) mass is 518 g/mol. The summed E-state index contributed by atoms with van der Waals surface area (Å²) >= 11 is 0. The van der Waals surface area contributed by atoms with E-state index >= 15 is 0 Å². The van der Waals surface area contributed by atoms with Gasteiger partial charge in [0.15, 0.2) is 22.9 Å². The number of nitrogens with zero attached hydrogens (tertiary/aromatic N) is 2. The molecular weight excluding hydrogens is 480 g/mol. The number of esters is 1. The van der Waals surface area contributed by atoms with E-state index < -0.39 is 5.97 Å². The Hall–Kier alpha value is -3.58. The topological polar surface area (TPSA) is 81.1 Å². The number of aromatic hydroxyl groups is 1. The third-order valence-electron chi connectivity index (χ3n) is 7.31. The fraction of sp³-hybridized carbons (Fsp3) is 0.419. The molecule has 2 aromatic carbocycles. The first-order chi connectivity index (χ1) is 18.5. The first-order valence-corrected chi connectivity index (χ1v) is 13.3. The molecule has 202 valence electrons. The zero-order valence-electron chi connectivity index (χ0n) is 22.8. The van der Waals surface area contributed by atoms with Crippen molar-refractivity contribution in [1.29, 1.82) is 0 Å². The number of carbonyl (C=O) groups is 1. The molecule has 7 nitrogen and oxygen atoms in total. The van der Waals surface area contributed by atoms with E-state index in [1.165, 1.54) is 23.8 Å². The highest BCUT2D eigenvalue weighted by molar-refractivity contribution is 5.90. The van der Waals surface area contributed by atoms with E-state index in [0.717, 1.165) is 62.3 Å². The molecule has 0 fully saturated rings. The molecule has 0 bridgehead atoms. The second-order valence-corrected chi connectivity index (χ2v) is 9.78. The molecular formula is C31H38N2O5. The van der Waals surface area contributed by atoms with Crippen molar-refractivity contribution < 1.29 is 24.1 Å². The van der Waals surface area contributed by atoms with Crippen LogP contribution in [-0.4, -0.2) is 55.4 Å². The number of benzene rings is 2. The van der Waals surface area contributed by atoms with Crippen molar-refractivity contribution in [3.8, 4) is 17.2 Å². The highest BCUT2D eigenvalue weighted by atomic mass is 16.5. The molecule has 0 saturated carbocycles. The molecule has 1 unspecified atom stereocenters. The summed E-state index contributed by atoms with van der Waals surface area (Å²) in [5.41, 5.74) is 5.32. The van der Waals surface area contributed by atoms with E-state index in [-0.39, 0.29) is 17.5 Å². The van der Waals surface area contributed by atoms with Crippen molar-refractivity contribution in [1.82, 2.24) is 9.88 Å². The first-order valence-electron chi connectivity index (χ1n) is 13.3. The van der Waals surface area contributed by atoms with Crippen molar-refractivity contribution in [2.75, 3.05) is 34.4 Å². The van der Waals surface area contributed by atoms with E-state index in [0.29, 0.717) is 12.1 Å². The minimum atomic E-state index is -0.611. The normalized spacial score (nSPS) is 15.1. The number of fused-ring (bicyclic) bond motifs is 1. The summed E-state index contributed by atoms with van der Waals surface area (Å²) in [5, 5.41) is 10.5. The Bertz CT molecular complexity index is 1240. The molecule has 7 heteroatoms. The molecule has 1 N–H and O–H groups in total. The Morgan fingerprint density at radius 2 is 1.71 bits per heavy atom. The Kier molecular flexibility index (Phi) is 9.24. The summed E-state index contributed by atoms with van der Waals surface area (Å²) in [6.07, 6.45) is 5.82. The standard InChI is InChI=1S/C31H38N2O5/c1-21-18-24(30(34)28(32-21)31(35)38-4)14-8-5-6-11-16-33-17-15-23-19-26(36-2)27(37-3)20-25(23)29(33)22-12-9-7-10-13-22/h7,9-10,12-13,18-20,29,34H,5-6,8,11,14-17H2,1-4H3. The van der Waals surface area contributed by atoms with Gasteiger partial charge in [0, 0.05) is 12.2 Å². The molecule has 0 saturated heterocycles. The van der Waals surface area contributed by atoms with E-state index in [1.807, 2.05) is 13.0 Å². The molecule has 0 spiro atoms. The summed E-state index contributed by atoms with van der Waals surface area (Å²) in [6, 6.07) is 17.0. The maximum Gasteiger partial charge on any atom is 0.360 e. The largest absolute Gasteiger partial charge is 0.505 e. The van der Waals surface area contributed by atoms with Crippen molar-refractivity contribution in [2.24, 2.45) is 0 Å². The zero-order valence-corrected chi connectivity index (χ0v) is 22.8. The third-order valence-corrected chi connectivity index (χ3v) is 7.31. The Morgan fingerprint density at radius 1 is 1.00 bits per heavy atom. The number of rotatable bonds is 11. The van der Waals surface area contributed by atoms with Crippen LogP contribution in [0.25, 0.3) is 0 Å². The van der Waals surface area contributed by atoms with E-state index in [4.69, 9.17) is 14.2 Å². The second-order valence-electron chi connectivity index (χ2n) is 9.78. The van der Waals surface area contributed by atoms with Gasteiger partial charge in [0.05, 0.1) is 27.4 Å². The minimum Gasteiger partial charge on any atom is -0.505 e. The fourth-order valence-corrected chi connectivity index (χ4v) is 5.41. The summed E-state index contributed by atoms with van der Waals surface area (Å²) in [4.78, 5) is 18.6. The number of carbonyl (C=O) groups excluding carboxylic acids is 1. The van der Waals surface area contributed by atoms with Gasteiger partial charge in [-0.05, 0) is 79.6 Å². The molecule has 3 aromatic rings. The van der Waals surface area contributed by atoms with Crippen LogP contribution in [0.4, 0.5) is 0 Å². The van der Waals surface area contributed by atoms with Gasteiger partial charge >= 0.3 is 5.97 Å². The van der Waals surface area contributed by atoms with Crippen molar-refractivity contribution >= 4 is 5.97 Å². The molecule has 1 atom stereocenters. The smallest absolute Gasteiger partial charge is 0.360 e. The SMILES string of the molecule is COC(=O)c1nc(C)cc(CCCCCCN2CCc3cc(OC)c(OC)cc3C2c2ccccc2)c1O. The van der Waals surface area contributed by atoms with Crippen LogP contribution in [0.15, 0.2) is 48.5 Å². The molecule has 0 aliphatic carbocycles. The first kappa shape index (κ1) is 27.5. The van der Waals surface area contributed by atoms with Gasteiger partial charge in [-0.2, -0.15) is 0 Å². The zero-order chi connectivity index (χ0) is 27.1. The molecule has 38 heavy (non-hydrogen) atoms. The summed E-state index contributed by atoms with van der Waals surface area (Å²) < 4.78 is 15.9. The number of ether oxygens (including phenoxy) is 3. The molecule has 2 heterocycles. The minimum absolute atomic E-state index is 0.00548. The summed E-state index contributed by atoms with van der Waals surface area (Å²) in [6.45, 7) is 3.81. The van der Waals surface area contributed by atoms with Crippen LogP contribution < -0.4 is 9.47 Å². The number of pyridine rings is 1. The van der Waals surface area contributed by atoms with Gasteiger partial charge in [0.2, 0.25) is 0 Å². The van der Waals surface area contributed by atoms with Crippen LogP contribution in [0.5, 0.6) is 17.2 Å². The Balaban J connectivity index is 1.39. The third kappa shape index (κ3) is 6.10. The number of hydrogen-bond acceptors (Lipinski definition) is 7. The van der Waals surface area contributed by atoms with Crippen LogP contribution >= 0.6 is 0 Å². The second kappa shape index (κ2) is 12.8. The maximum absolute atomic E-state index is 11.9. The average molecular weight is 519 g/mol. The van der Waals surface area contributed by atoms with Crippen LogP contribution in [0.3, 0.4) is 0 Å². The van der Waals surface area contributed by atoms with Gasteiger partial charge in [0.25, 0.3) is 0 Å². The van der Waals surface area contributed by atoms with Crippen LogP contribution in [0.1, 0.15) is 70.2 Å². The van der Waals surface area contributed by atoms with Gasteiger partial charge in [0.1, 0.15) is 0 Å². The molecule has 0 amide bonds. The summed E-state index contributed by atoms with van der Waals surface area (Å²) in [5.74, 6) is 0.867. The summed E-state index contributed by atoms with van der Waals surface area (Å²) in [7, 11) is 4.66. The fourth-order valence-electron chi connectivity index (χ4n) is 5.41. The highest BCUT2D eigenvalue weighted by Crippen LogP contribution is 2.41. The molecule has 4 rings (SSSR count). The lowest BCUT2D eigenvalue weighted by atomic mass is 9.87. The van der Waals surface area contributed by atoms with Gasteiger partial charge in [-0.25, -0.2) is 9.78 Å². The van der Waals surface area contributed by atoms with Crippen LogP contribution in [0, 0.1) is 6.92 Å². The number of aryl methyl sites for hydroxylation is 2. The predicted molar refractivity (Wildman–Crippen MR) is 147 cm³/mol. The van der Waals surface area contributed by atoms with E-state index in [1.54, 1.807) is 14.2 Å². The number of aromatic nitrogens is 1. The lowest BCUT2D eigenvalue weighted by Gasteiger charge is -2.38. The lowest BCUT2D eigenvalue weighted by molar-refractivity contribution is 0.0590. The lowest BCUT2D eigenvalue weighted by Crippen LogP contribution is -2.36. The van der Waals surface area contributed by atoms with E-state index in [2.05, 4.69) is 52.3 Å². The number of methoxy groups -OCH3 is 3. The average Bonchev–Trinajstić information content (AvgIpc) is 2.95. The van der Waals surface area contributed by atoms with Crippen LogP contribution in [-0.2, 0) is 17.6 Å². The molecule has 1 aliphatic heterocycles. The quantitative estimate of drug-likeness (QED) is 0.259. The van der Waals surface area contributed by atoms with Gasteiger partial charge in [-0.3, -0.25) is 4.90 Å². The van der Waals surface area contributed by atoms with Crippen molar-refractivity contribution in [3.63, 3.8) is 0 Å². The van der Waals surface area contributed by atoms with Gasteiger partial charge < -0.3 is 19.3 Å². The molecule has 0 radical (unpaired) electrons. The van der Waals surface area contributed by atoms with Crippen molar-refractivity contribution in [3.05, 3.63) is 82.2 Å². The van der Waals surface area contributed by atoms with Gasteiger partial charge in [-0.15, -0.1) is 0 Å². The predicted octanol–water partition coefficient (Wildman–Crippen LogP) is 5.65. The van der Waals surface area contributed by atoms with Crippen LogP contribution in [0.2, 0.25) is 0 Å². The number of unbranched alkanes of at least 4 members (excludes halogenated alkanes) is 3. The molecule has 1 aromatic heterocycles. The maximum atomic E-state index is 11.9. The number of hydrogen-bond donors (Lipinski definition) is 1. The Labute approximate surface area is 225 Å². The highest BCUT2D eigenvalue weighted by Gasteiger charge is 2.30. The van der Waals surface area contributed by atoms with Gasteiger partial charge in [-0.1, -0.05) is 43.2 Å². The Morgan fingerprint density at radius 3 is 2.42 bits per heavy atom. The molecule has 1 aliphatic rings.